The van der Waals surface area contributed by atoms with E-state index in [2.05, 4.69) is 15.3 Å². The molecule has 0 N–H and O–H groups in total. The molecular weight excluding hydrogens is 276 g/mol. The van der Waals surface area contributed by atoms with E-state index >= 15 is 0 Å². The molecule has 102 valence electrons. The normalized spacial score (nSPS) is 11.9. The predicted octanol–water partition coefficient (Wildman–Crippen LogP) is 1.50. The predicted molar refractivity (Wildman–Crippen MR) is 72.9 cm³/mol. The molecule has 0 aliphatic heterocycles. The van der Waals surface area contributed by atoms with Crippen molar-refractivity contribution in [3.8, 4) is 0 Å². The highest BCUT2D eigenvalue weighted by molar-refractivity contribution is 7.91. The number of hydrogen-bond acceptors (Lipinski definition) is 5. The molecule has 0 saturated heterocycles. The molecule has 2 heterocycles. The van der Waals surface area contributed by atoms with Crippen LogP contribution in [0.5, 0.6) is 0 Å². The minimum Gasteiger partial charge on any atom is -0.249 e. The molecule has 0 spiro atoms. The van der Waals surface area contributed by atoms with Gasteiger partial charge in [-0.05, 0) is 19.1 Å². The number of sulfone groups is 1. The van der Waals surface area contributed by atoms with Crippen LogP contribution >= 0.6 is 0 Å². The lowest BCUT2D eigenvalue weighted by Crippen LogP contribution is -2.04. The maximum Gasteiger partial charge on any atom is 0.208 e. The topological polar surface area (TPSA) is 77.7 Å². The van der Waals surface area contributed by atoms with Crippen molar-refractivity contribution >= 4 is 20.9 Å². The second kappa shape index (κ2) is 4.38. The van der Waals surface area contributed by atoms with Gasteiger partial charge < -0.3 is 0 Å². The third-order valence-electron chi connectivity index (χ3n) is 3.12. The lowest BCUT2D eigenvalue weighted by Gasteiger charge is -2.05. The molecule has 0 unspecified atom stereocenters. The molecule has 0 aliphatic carbocycles. The summed E-state index contributed by atoms with van der Waals surface area (Å²) in [6, 6.07) is 6.71. The maximum absolute atomic E-state index is 12.7. The quantitative estimate of drug-likeness (QED) is 0.714. The summed E-state index contributed by atoms with van der Waals surface area (Å²) in [6.45, 7) is 1.91. The zero-order chi connectivity index (χ0) is 14.3. The number of fused-ring (bicyclic) bond motifs is 1. The molecule has 0 amide bonds. The average molecular weight is 288 g/mol. The van der Waals surface area contributed by atoms with Crippen LogP contribution in [0.15, 0.2) is 46.5 Å². The lowest BCUT2D eigenvalue weighted by atomic mass is 10.2. The van der Waals surface area contributed by atoms with Crippen LogP contribution in [-0.4, -0.2) is 28.4 Å². The fraction of sp³-hybridized carbons (Fsp3) is 0.154. The van der Waals surface area contributed by atoms with Gasteiger partial charge in [-0.1, -0.05) is 17.7 Å². The zero-order valence-corrected chi connectivity index (χ0v) is 11.8. The summed E-state index contributed by atoms with van der Waals surface area (Å²) in [6.07, 6.45) is 2.75. The summed E-state index contributed by atoms with van der Waals surface area (Å²) in [5.74, 6) is 0. The first kappa shape index (κ1) is 12.7. The molecule has 0 fully saturated rings. The van der Waals surface area contributed by atoms with E-state index < -0.39 is 9.84 Å². The molecule has 7 heteroatoms. The zero-order valence-electron chi connectivity index (χ0n) is 11.0. The Labute approximate surface area is 116 Å². The van der Waals surface area contributed by atoms with E-state index in [4.69, 9.17) is 0 Å². The van der Waals surface area contributed by atoms with Crippen molar-refractivity contribution < 1.29 is 8.42 Å². The molecule has 20 heavy (non-hydrogen) atoms. The third kappa shape index (κ3) is 1.87. The van der Waals surface area contributed by atoms with Crippen molar-refractivity contribution in [2.75, 3.05) is 0 Å². The standard InChI is InChI=1S/C13H12N4O2S/c1-9-3-5-10(6-4-9)20(18,19)12-8-14-16-13-11(12)7-15-17(13)2/h3-8H,1-2H3. The highest BCUT2D eigenvalue weighted by atomic mass is 32.2. The maximum atomic E-state index is 12.7. The van der Waals surface area contributed by atoms with E-state index in [1.54, 1.807) is 31.3 Å². The van der Waals surface area contributed by atoms with Gasteiger partial charge in [-0.2, -0.15) is 10.2 Å². The van der Waals surface area contributed by atoms with E-state index in [1.807, 2.05) is 6.92 Å². The van der Waals surface area contributed by atoms with E-state index in [9.17, 15) is 8.42 Å². The van der Waals surface area contributed by atoms with E-state index in [-0.39, 0.29) is 9.79 Å². The Morgan fingerprint density at radius 3 is 2.50 bits per heavy atom. The summed E-state index contributed by atoms with van der Waals surface area (Å²) in [5.41, 5.74) is 1.45. The largest absolute Gasteiger partial charge is 0.249 e. The third-order valence-corrected chi connectivity index (χ3v) is 4.92. The highest BCUT2D eigenvalue weighted by Crippen LogP contribution is 2.26. The molecule has 2 aromatic heterocycles. The van der Waals surface area contributed by atoms with Gasteiger partial charge in [-0.25, -0.2) is 13.1 Å². The van der Waals surface area contributed by atoms with Crippen LogP contribution in [0.25, 0.3) is 11.0 Å². The van der Waals surface area contributed by atoms with Gasteiger partial charge >= 0.3 is 0 Å². The van der Waals surface area contributed by atoms with Gasteiger partial charge in [0.15, 0.2) is 5.65 Å². The van der Waals surface area contributed by atoms with Crippen molar-refractivity contribution in [1.29, 1.82) is 0 Å². The van der Waals surface area contributed by atoms with Crippen molar-refractivity contribution in [2.24, 2.45) is 7.05 Å². The first-order chi connectivity index (χ1) is 9.50. The molecule has 3 aromatic rings. The summed E-state index contributed by atoms with van der Waals surface area (Å²) >= 11 is 0. The van der Waals surface area contributed by atoms with Crippen LogP contribution < -0.4 is 0 Å². The van der Waals surface area contributed by atoms with Gasteiger partial charge in [0, 0.05) is 7.05 Å². The van der Waals surface area contributed by atoms with E-state index in [1.165, 1.54) is 17.1 Å². The van der Waals surface area contributed by atoms with Crippen molar-refractivity contribution in [1.82, 2.24) is 20.0 Å². The summed E-state index contributed by atoms with van der Waals surface area (Å²) < 4.78 is 26.8. The second-order valence-corrected chi connectivity index (χ2v) is 6.45. The van der Waals surface area contributed by atoms with Crippen LogP contribution in [-0.2, 0) is 16.9 Å². The second-order valence-electron chi connectivity index (χ2n) is 4.53. The Balaban J connectivity index is 2.26. The first-order valence-corrected chi connectivity index (χ1v) is 7.43. The molecule has 0 aliphatic rings. The molecule has 3 rings (SSSR count). The average Bonchev–Trinajstić information content (AvgIpc) is 2.81. The SMILES string of the molecule is Cc1ccc(S(=O)(=O)c2cnnc3c2cnn3C)cc1. The van der Waals surface area contributed by atoms with Crippen LogP contribution in [0.1, 0.15) is 5.56 Å². The molecule has 0 bridgehead atoms. The Kier molecular flexibility index (Phi) is 2.79. The van der Waals surface area contributed by atoms with Gasteiger partial charge in [0.2, 0.25) is 9.84 Å². The Morgan fingerprint density at radius 1 is 1.10 bits per heavy atom. The molecule has 0 saturated carbocycles. The van der Waals surface area contributed by atoms with E-state index in [0.29, 0.717) is 11.0 Å². The molecule has 1 aromatic carbocycles. The highest BCUT2D eigenvalue weighted by Gasteiger charge is 2.22. The van der Waals surface area contributed by atoms with Crippen molar-refractivity contribution in [2.45, 2.75) is 16.7 Å². The fourth-order valence-corrected chi connectivity index (χ4v) is 3.36. The van der Waals surface area contributed by atoms with Crippen LogP contribution in [0, 0.1) is 6.92 Å². The van der Waals surface area contributed by atoms with Crippen LogP contribution in [0.3, 0.4) is 0 Å². The Hall–Kier alpha value is -2.28. The lowest BCUT2D eigenvalue weighted by molar-refractivity contribution is 0.596. The number of rotatable bonds is 2. The Morgan fingerprint density at radius 2 is 1.80 bits per heavy atom. The van der Waals surface area contributed by atoms with Gasteiger partial charge in [-0.3, -0.25) is 0 Å². The molecule has 6 nitrogen and oxygen atoms in total. The molecular formula is C13H12N4O2S. The minimum atomic E-state index is -3.62. The fourth-order valence-electron chi connectivity index (χ4n) is 1.99. The number of aromatic nitrogens is 4. The van der Waals surface area contributed by atoms with Gasteiger partial charge in [0.25, 0.3) is 0 Å². The van der Waals surface area contributed by atoms with Gasteiger partial charge in [0.05, 0.1) is 22.7 Å². The van der Waals surface area contributed by atoms with Crippen molar-refractivity contribution in [3.63, 3.8) is 0 Å². The number of aryl methyl sites for hydroxylation is 2. The van der Waals surface area contributed by atoms with Crippen molar-refractivity contribution in [3.05, 3.63) is 42.2 Å². The summed E-state index contributed by atoms with van der Waals surface area (Å²) in [7, 11) is -1.93. The first-order valence-electron chi connectivity index (χ1n) is 5.95. The van der Waals surface area contributed by atoms with E-state index in [0.717, 1.165) is 5.56 Å². The summed E-state index contributed by atoms with van der Waals surface area (Å²) in [5, 5.41) is 12.2. The smallest absolute Gasteiger partial charge is 0.208 e. The number of nitrogens with zero attached hydrogens (tertiary/aromatic N) is 4. The van der Waals surface area contributed by atoms with Gasteiger partial charge in [-0.15, -0.1) is 5.10 Å². The Bertz CT molecular complexity index is 882. The summed E-state index contributed by atoms with van der Waals surface area (Å²) in [4.78, 5) is 0.362. The van der Waals surface area contributed by atoms with Gasteiger partial charge in [0.1, 0.15) is 4.90 Å². The number of benzene rings is 1. The minimum absolute atomic E-state index is 0.124. The van der Waals surface area contributed by atoms with Crippen LogP contribution in [0.4, 0.5) is 0 Å². The molecule has 0 radical (unpaired) electrons. The monoisotopic (exact) mass is 288 g/mol. The van der Waals surface area contributed by atoms with Crippen LogP contribution in [0.2, 0.25) is 0 Å². The number of hydrogen-bond donors (Lipinski definition) is 0. The molecule has 0 atom stereocenters.